The summed E-state index contributed by atoms with van der Waals surface area (Å²) in [6, 6.07) is 15.2. The normalized spacial score (nSPS) is 17.4. The van der Waals surface area contributed by atoms with Crippen molar-refractivity contribution in [3.8, 4) is 5.75 Å². The molecule has 1 saturated carbocycles. The molecule has 0 N–H and O–H groups in total. The van der Waals surface area contributed by atoms with Gasteiger partial charge in [-0.2, -0.15) is 4.58 Å². The van der Waals surface area contributed by atoms with Crippen LogP contribution in [-0.4, -0.2) is 17.0 Å². The van der Waals surface area contributed by atoms with Crippen molar-refractivity contribution in [2.45, 2.75) is 55.4 Å². The smallest absolute Gasteiger partial charge is 0.287 e. The number of benzene rings is 2. The molecule has 0 amide bonds. The summed E-state index contributed by atoms with van der Waals surface area (Å²) in [7, 11) is 0. The van der Waals surface area contributed by atoms with E-state index in [-0.39, 0.29) is 0 Å². The van der Waals surface area contributed by atoms with Crippen LogP contribution in [0.25, 0.3) is 0 Å². The van der Waals surface area contributed by atoms with Gasteiger partial charge in [-0.1, -0.05) is 36.4 Å². The van der Waals surface area contributed by atoms with Crippen LogP contribution in [0.2, 0.25) is 0 Å². The molecule has 2 aromatic rings. The lowest BCUT2D eigenvalue weighted by molar-refractivity contribution is -0.582. The molecule has 0 aromatic heterocycles. The Bertz CT molecular complexity index is 759. The molecule has 24 heavy (non-hydrogen) atoms. The molecule has 3 heteroatoms. The molecule has 0 spiro atoms. The molecular formula is C21H24NOS+. The number of ether oxygens (including phenoxy) is 1. The highest BCUT2D eigenvalue weighted by molar-refractivity contribution is 7.99. The van der Waals surface area contributed by atoms with Crippen LogP contribution in [-0.2, 0) is 6.54 Å². The SMILES string of the molecule is Cc1cc(Sc2ccccc2)cc2c1OC[N+](=C1CCCCC1)C2. The molecule has 0 atom stereocenters. The summed E-state index contributed by atoms with van der Waals surface area (Å²) in [5.74, 6) is 1.10. The van der Waals surface area contributed by atoms with E-state index in [0.29, 0.717) is 6.73 Å². The fourth-order valence-corrected chi connectivity index (χ4v) is 4.69. The van der Waals surface area contributed by atoms with Gasteiger partial charge in [-0.05, 0) is 49.6 Å². The maximum atomic E-state index is 6.12. The third-order valence-electron chi connectivity index (χ3n) is 4.91. The van der Waals surface area contributed by atoms with Crippen LogP contribution < -0.4 is 4.74 Å². The second-order valence-electron chi connectivity index (χ2n) is 6.74. The summed E-state index contributed by atoms with van der Waals surface area (Å²) in [5.41, 5.74) is 4.17. The molecule has 0 unspecified atom stereocenters. The summed E-state index contributed by atoms with van der Waals surface area (Å²) < 4.78 is 8.58. The summed E-state index contributed by atoms with van der Waals surface area (Å²) in [4.78, 5) is 2.59. The van der Waals surface area contributed by atoms with Crippen LogP contribution in [0.1, 0.15) is 43.2 Å². The van der Waals surface area contributed by atoms with Crippen molar-refractivity contribution >= 4 is 17.5 Å². The standard InChI is InChI=1S/C21H24NOS/c1-16-12-20(24-19-10-6-3-7-11-19)13-17-14-22(15-23-21(16)17)18-8-4-2-5-9-18/h3,6-7,10-13H,2,4-5,8-9,14-15H2,1H3/q+1. The Morgan fingerprint density at radius 2 is 1.75 bits per heavy atom. The first-order valence-electron chi connectivity index (χ1n) is 8.88. The molecule has 1 aliphatic heterocycles. The predicted octanol–water partition coefficient (Wildman–Crippen LogP) is 5.41. The maximum absolute atomic E-state index is 6.12. The third kappa shape index (κ3) is 3.36. The van der Waals surface area contributed by atoms with E-state index in [1.165, 1.54) is 53.0 Å². The summed E-state index contributed by atoms with van der Waals surface area (Å²) in [6.45, 7) is 3.88. The Morgan fingerprint density at radius 1 is 0.958 bits per heavy atom. The zero-order chi connectivity index (χ0) is 16.4. The van der Waals surface area contributed by atoms with E-state index in [4.69, 9.17) is 4.74 Å². The number of hydrogen-bond acceptors (Lipinski definition) is 2. The minimum absolute atomic E-state index is 0.717. The zero-order valence-corrected chi connectivity index (χ0v) is 15.1. The fraction of sp³-hybridized carbons (Fsp3) is 0.381. The summed E-state index contributed by atoms with van der Waals surface area (Å²) in [6.07, 6.45) is 6.54. The fourth-order valence-electron chi connectivity index (χ4n) is 3.69. The average Bonchev–Trinajstić information content (AvgIpc) is 2.63. The van der Waals surface area contributed by atoms with Gasteiger partial charge in [0.15, 0.2) is 12.3 Å². The van der Waals surface area contributed by atoms with Crippen molar-refractivity contribution < 1.29 is 9.31 Å². The highest BCUT2D eigenvalue weighted by Gasteiger charge is 2.26. The molecule has 1 fully saturated rings. The van der Waals surface area contributed by atoms with Gasteiger partial charge in [0, 0.05) is 22.6 Å². The van der Waals surface area contributed by atoms with Crippen LogP contribution in [0.4, 0.5) is 0 Å². The number of nitrogens with zero attached hydrogens (tertiary/aromatic N) is 1. The first-order valence-corrected chi connectivity index (χ1v) is 9.70. The van der Waals surface area contributed by atoms with E-state index >= 15 is 0 Å². The molecule has 2 aromatic carbocycles. The molecule has 0 bridgehead atoms. The molecule has 1 heterocycles. The second kappa shape index (κ2) is 7.02. The van der Waals surface area contributed by atoms with Crippen LogP contribution in [0.5, 0.6) is 5.75 Å². The molecule has 2 aliphatic rings. The van der Waals surface area contributed by atoms with Crippen molar-refractivity contribution in [1.82, 2.24) is 0 Å². The lowest BCUT2D eigenvalue weighted by atomic mass is 9.97. The van der Waals surface area contributed by atoms with Crippen LogP contribution >= 0.6 is 11.8 Å². The largest absolute Gasteiger partial charge is 0.435 e. The second-order valence-corrected chi connectivity index (χ2v) is 7.89. The van der Waals surface area contributed by atoms with Crippen molar-refractivity contribution in [1.29, 1.82) is 0 Å². The Morgan fingerprint density at radius 3 is 2.54 bits per heavy atom. The van der Waals surface area contributed by atoms with E-state index in [0.717, 1.165) is 12.3 Å². The van der Waals surface area contributed by atoms with Crippen LogP contribution in [0.15, 0.2) is 52.3 Å². The van der Waals surface area contributed by atoms with Crippen molar-refractivity contribution in [2.24, 2.45) is 0 Å². The van der Waals surface area contributed by atoms with E-state index in [9.17, 15) is 0 Å². The maximum Gasteiger partial charge on any atom is 0.287 e. The zero-order valence-electron chi connectivity index (χ0n) is 14.3. The van der Waals surface area contributed by atoms with Gasteiger partial charge in [-0.3, -0.25) is 0 Å². The Hall–Kier alpha value is -1.74. The first kappa shape index (κ1) is 15.8. The molecule has 2 nitrogen and oxygen atoms in total. The van der Waals surface area contributed by atoms with E-state index in [1.54, 1.807) is 5.71 Å². The van der Waals surface area contributed by atoms with E-state index < -0.39 is 0 Å². The van der Waals surface area contributed by atoms with Crippen LogP contribution in [0, 0.1) is 6.92 Å². The lowest BCUT2D eigenvalue weighted by Gasteiger charge is -2.22. The molecular weight excluding hydrogens is 314 g/mol. The minimum atomic E-state index is 0.717. The molecule has 4 rings (SSSR count). The topological polar surface area (TPSA) is 12.2 Å². The van der Waals surface area contributed by atoms with Crippen molar-refractivity contribution in [3.63, 3.8) is 0 Å². The monoisotopic (exact) mass is 338 g/mol. The lowest BCUT2D eigenvalue weighted by Crippen LogP contribution is -2.30. The van der Waals surface area contributed by atoms with Crippen molar-refractivity contribution in [2.75, 3.05) is 6.73 Å². The quantitative estimate of drug-likeness (QED) is 0.678. The van der Waals surface area contributed by atoms with Gasteiger partial charge in [0.25, 0.3) is 6.73 Å². The first-order chi connectivity index (χ1) is 11.8. The highest BCUT2D eigenvalue weighted by Crippen LogP contribution is 2.36. The molecule has 0 radical (unpaired) electrons. The molecule has 124 valence electrons. The van der Waals surface area contributed by atoms with E-state index in [1.807, 2.05) is 11.8 Å². The van der Waals surface area contributed by atoms with Crippen LogP contribution in [0.3, 0.4) is 0 Å². The Balaban J connectivity index is 1.62. The van der Waals surface area contributed by atoms with Gasteiger partial charge in [-0.15, -0.1) is 0 Å². The van der Waals surface area contributed by atoms with Gasteiger partial charge in [0.1, 0.15) is 5.75 Å². The highest BCUT2D eigenvalue weighted by atomic mass is 32.2. The minimum Gasteiger partial charge on any atom is -0.435 e. The number of rotatable bonds is 2. The van der Waals surface area contributed by atoms with Gasteiger partial charge in [0.05, 0.1) is 5.56 Å². The van der Waals surface area contributed by atoms with E-state index in [2.05, 4.69) is 54.0 Å². The number of aryl methyl sites for hydroxylation is 1. The Labute approximate surface area is 148 Å². The predicted molar refractivity (Wildman–Crippen MR) is 99.3 cm³/mol. The van der Waals surface area contributed by atoms with Gasteiger partial charge in [-0.25, -0.2) is 0 Å². The molecule has 1 aliphatic carbocycles. The van der Waals surface area contributed by atoms with Gasteiger partial charge in [0.2, 0.25) is 0 Å². The van der Waals surface area contributed by atoms with Crippen molar-refractivity contribution in [3.05, 3.63) is 53.6 Å². The van der Waals surface area contributed by atoms with Gasteiger partial charge < -0.3 is 4.74 Å². The third-order valence-corrected chi connectivity index (χ3v) is 5.89. The number of fused-ring (bicyclic) bond motifs is 1. The Kier molecular flexibility index (Phi) is 4.61. The number of hydrogen-bond donors (Lipinski definition) is 0. The molecule has 0 saturated heterocycles. The summed E-state index contributed by atoms with van der Waals surface area (Å²) >= 11 is 1.83. The summed E-state index contributed by atoms with van der Waals surface area (Å²) in [5, 5.41) is 0. The average molecular weight is 338 g/mol. The van der Waals surface area contributed by atoms with Gasteiger partial charge >= 0.3 is 0 Å².